The van der Waals surface area contributed by atoms with Crippen LogP contribution in [0.15, 0.2) is 0 Å². The lowest BCUT2D eigenvalue weighted by Gasteiger charge is -2.44. The van der Waals surface area contributed by atoms with Gasteiger partial charge in [0.15, 0.2) is 0 Å². The van der Waals surface area contributed by atoms with E-state index in [0.29, 0.717) is 35.5 Å². The molecular weight excluding hydrogens is 465 g/mol. The predicted octanol–water partition coefficient (Wildman–Crippen LogP) is 11.1. The van der Waals surface area contributed by atoms with Crippen LogP contribution in [0.2, 0.25) is 0 Å². The highest BCUT2D eigenvalue weighted by Gasteiger charge is 2.46. The molecule has 0 N–H and O–H groups in total. The van der Waals surface area contributed by atoms with Gasteiger partial charge >= 0.3 is 0 Å². The Morgan fingerprint density at radius 2 is 1.19 bits per heavy atom. The molecule has 4 aliphatic carbocycles. The van der Waals surface area contributed by atoms with E-state index in [1.54, 1.807) is 0 Å². The molecule has 0 aromatic carbocycles. The largest absolute Gasteiger partial charge is 0.247 e. The minimum absolute atomic E-state index is 0.0341. The zero-order valence-corrected chi connectivity index (χ0v) is 24.5. The van der Waals surface area contributed by atoms with Gasteiger partial charge in [-0.2, -0.15) is 0 Å². The van der Waals surface area contributed by atoms with Gasteiger partial charge in [-0.25, -0.2) is 13.2 Å². The van der Waals surface area contributed by atoms with Crippen LogP contribution in [0.3, 0.4) is 0 Å². The highest BCUT2D eigenvalue weighted by atomic mass is 19.2. The summed E-state index contributed by atoms with van der Waals surface area (Å²) < 4.78 is 46.0. The van der Waals surface area contributed by atoms with Gasteiger partial charge in [0.05, 0.1) is 0 Å². The van der Waals surface area contributed by atoms with Crippen LogP contribution in [-0.2, 0) is 0 Å². The number of hydrogen-bond donors (Lipinski definition) is 0. The molecule has 4 rings (SSSR count). The van der Waals surface area contributed by atoms with Crippen molar-refractivity contribution in [3.05, 3.63) is 0 Å². The van der Waals surface area contributed by atoms with Gasteiger partial charge in [-0.1, -0.05) is 78.6 Å². The second kappa shape index (κ2) is 14.4. The van der Waals surface area contributed by atoms with Gasteiger partial charge in [0, 0.05) is 0 Å². The highest BCUT2D eigenvalue weighted by molar-refractivity contribution is 4.95. The quantitative estimate of drug-likeness (QED) is 0.266. The molecule has 8 unspecified atom stereocenters. The molecule has 0 heterocycles. The Hall–Kier alpha value is -0.210. The Morgan fingerprint density at radius 1 is 0.595 bits per heavy atom. The number of alkyl halides is 3. The summed E-state index contributed by atoms with van der Waals surface area (Å²) >= 11 is 0. The third-order valence-electron chi connectivity index (χ3n) is 12.2. The number of rotatable bonds is 10. The van der Waals surface area contributed by atoms with Crippen molar-refractivity contribution >= 4 is 0 Å². The van der Waals surface area contributed by atoms with E-state index in [2.05, 4.69) is 20.8 Å². The molecule has 0 spiro atoms. The Morgan fingerprint density at radius 3 is 1.78 bits per heavy atom. The van der Waals surface area contributed by atoms with E-state index in [4.69, 9.17) is 0 Å². The topological polar surface area (TPSA) is 0 Å². The Bertz CT molecular complexity index is 635. The zero-order valence-electron chi connectivity index (χ0n) is 24.5. The van der Waals surface area contributed by atoms with E-state index in [0.717, 1.165) is 63.7 Å². The van der Waals surface area contributed by atoms with Crippen molar-refractivity contribution in [1.82, 2.24) is 0 Å². The smallest absolute Gasteiger partial charge is 0.134 e. The van der Waals surface area contributed by atoms with Crippen molar-refractivity contribution in [3.63, 3.8) is 0 Å². The lowest BCUT2D eigenvalue weighted by molar-refractivity contribution is -0.0324. The van der Waals surface area contributed by atoms with Gasteiger partial charge in [0.2, 0.25) is 0 Å². The van der Waals surface area contributed by atoms with E-state index in [-0.39, 0.29) is 11.8 Å². The summed E-state index contributed by atoms with van der Waals surface area (Å²) in [6, 6.07) is 0. The summed E-state index contributed by atoms with van der Waals surface area (Å²) in [4.78, 5) is 0. The summed E-state index contributed by atoms with van der Waals surface area (Å²) in [5, 5.41) is 0. The molecule has 4 fully saturated rings. The molecule has 0 bridgehead atoms. The maximum absolute atomic E-state index is 15.6. The summed E-state index contributed by atoms with van der Waals surface area (Å²) in [5.41, 5.74) is 0. The third-order valence-corrected chi connectivity index (χ3v) is 12.2. The van der Waals surface area contributed by atoms with Crippen LogP contribution in [-0.4, -0.2) is 18.5 Å². The van der Waals surface area contributed by atoms with Gasteiger partial charge in [0.1, 0.15) is 18.5 Å². The van der Waals surface area contributed by atoms with Crippen LogP contribution in [0.1, 0.15) is 143 Å². The maximum atomic E-state index is 15.6. The van der Waals surface area contributed by atoms with Crippen molar-refractivity contribution in [2.75, 3.05) is 0 Å². The molecule has 3 heteroatoms. The predicted molar refractivity (Wildman–Crippen MR) is 151 cm³/mol. The Balaban J connectivity index is 1.20. The molecule has 0 nitrogen and oxygen atoms in total. The first kappa shape index (κ1) is 29.8. The molecular formula is C34H59F3. The van der Waals surface area contributed by atoms with Crippen molar-refractivity contribution in [3.8, 4) is 0 Å². The van der Waals surface area contributed by atoms with Crippen LogP contribution in [0.5, 0.6) is 0 Å². The van der Waals surface area contributed by atoms with Crippen molar-refractivity contribution in [2.24, 2.45) is 53.3 Å². The summed E-state index contributed by atoms with van der Waals surface area (Å²) in [6.45, 7) is 6.67. The molecule has 8 atom stereocenters. The number of hydrogen-bond acceptors (Lipinski definition) is 0. The minimum Gasteiger partial charge on any atom is -0.247 e. The van der Waals surface area contributed by atoms with Crippen molar-refractivity contribution in [1.29, 1.82) is 0 Å². The second-order valence-electron chi connectivity index (χ2n) is 14.2. The van der Waals surface area contributed by atoms with E-state index in [1.165, 1.54) is 64.2 Å². The average Bonchev–Trinajstić information content (AvgIpc) is 2.92. The van der Waals surface area contributed by atoms with Gasteiger partial charge in [-0.3, -0.25) is 0 Å². The van der Waals surface area contributed by atoms with Crippen LogP contribution < -0.4 is 0 Å². The van der Waals surface area contributed by atoms with Crippen molar-refractivity contribution in [2.45, 2.75) is 161 Å². The fourth-order valence-electron chi connectivity index (χ4n) is 9.69. The lowest BCUT2D eigenvalue weighted by atomic mass is 9.64. The molecule has 0 radical (unpaired) electrons. The molecule has 0 saturated heterocycles. The monoisotopic (exact) mass is 524 g/mol. The second-order valence-corrected chi connectivity index (χ2v) is 14.2. The van der Waals surface area contributed by atoms with E-state index in [9.17, 15) is 4.39 Å². The summed E-state index contributed by atoms with van der Waals surface area (Å²) in [6.07, 6.45) is 18.2. The summed E-state index contributed by atoms with van der Waals surface area (Å²) in [7, 11) is 0. The minimum atomic E-state index is -1.26. The van der Waals surface area contributed by atoms with Gasteiger partial charge in [0.25, 0.3) is 0 Å². The molecule has 37 heavy (non-hydrogen) atoms. The van der Waals surface area contributed by atoms with Crippen molar-refractivity contribution < 1.29 is 13.2 Å². The molecule has 0 aliphatic heterocycles. The molecule has 0 aromatic heterocycles. The van der Waals surface area contributed by atoms with Gasteiger partial charge < -0.3 is 0 Å². The molecule has 216 valence electrons. The molecule has 4 aliphatic rings. The Kier molecular flexibility index (Phi) is 11.6. The number of halogens is 3. The molecule has 0 amide bonds. The van der Waals surface area contributed by atoms with Gasteiger partial charge in [-0.05, 0) is 117 Å². The first-order valence-electron chi connectivity index (χ1n) is 16.9. The average molecular weight is 525 g/mol. The van der Waals surface area contributed by atoms with E-state index >= 15 is 8.78 Å². The van der Waals surface area contributed by atoms with Crippen LogP contribution in [0.4, 0.5) is 13.2 Å². The van der Waals surface area contributed by atoms with E-state index < -0.39 is 18.5 Å². The van der Waals surface area contributed by atoms with Crippen LogP contribution in [0.25, 0.3) is 0 Å². The lowest BCUT2D eigenvalue weighted by Crippen LogP contribution is -2.44. The zero-order chi connectivity index (χ0) is 26.4. The SMILES string of the molecule is CCCC1CCC(C2CCC(CCC(CC)C3CCC(C4CCC(CC)CC4)C(F)C3F)CC2)C(F)C1. The summed E-state index contributed by atoms with van der Waals surface area (Å²) in [5.74, 6) is 3.66. The third kappa shape index (κ3) is 7.50. The standard InChI is InChI=1S/C34H59F3/c1-4-7-25-13-19-29(32(35)22-25)27-17-11-24(12-18-27)10-14-26(6-3)30-20-21-31(34(37)33(30)36)28-15-8-23(5-2)9-16-28/h23-34H,4-22H2,1-3H3. The fourth-order valence-corrected chi connectivity index (χ4v) is 9.69. The normalized spacial score (nSPS) is 44.4. The fraction of sp³-hybridized carbons (Fsp3) is 1.00. The molecule has 4 saturated carbocycles. The van der Waals surface area contributed by atoms with Crippen LogP contribution >= 0.6 is 0 Å². The maximum Gasteiger partial charge on any atom is 0.134 e. The van der Waals surface area contributed by atoms with E-state index in [1.807, 2.05) is 0 Å². The van der Waals surface area contributed by atoms with Crippen LogP contribution in [0, 0.1) is 53.3 Å². The first-order valence-corrected chi connectivity index (χ1v) is 16.9. The Labute approximate surface area is 227 Å². The first-order chi connectivity index (χ1) is 17.9. The van der Waals surface area contributed by atoms with Gasteiger partial charge in [-0.15, -0.1) is 0 Å². The molecule has 0 aromatic rings. The highest BCUT2D eigenvalue weighted by Crippen LogP contribution is 2.48.